The summed E-state index contributed by atoms with van der Waals surface area (Å²) < 4.78 is 5.91. The maximum Gasteiger partial charge on any atom is 0.292 e. The van der Waals surface area contributed by atoms with Crippen LogP contribution in [0.4, 0.5) is 0 Å². The summed E-state index contributed by atoms with van der Waals surface area (Å²) in [6.45, 7) is 14.7. The summed E-state index contributed by atoms with van der Waals surface area (Å²) in [6, 6.07) is 3.15. The molecule has 0 N–H and O–H groups in total. The van der Waals surface area contributed by atoms with Crippen molar-refractivity contribution in [3.8, 4) is 0 Å². The molecule has 0 unspecified atom stereocenters. The van der Waals surface area contributed by atoms with Crippen LogP contribution in [-0.2, 0) is 9.22 Å². The number of carbonyl (C=O) groups is 1. The lowest BCUT2D eigenvalue weighted by Gasteiger charge is -2.27. The van der Waals surface area contributed by atoms with E-state index in [1.54, 1.807) is 0 Å². The SMILES string of the molecule is CCCCN(CCCC)CCCCCC(=O)O[Si](CC)(CC)CC. The first-order chi connectivity index (χ1) is 11.6. The van der Waals surface area contributed by atoms with Crippen molar-refractivity contribution >= 4 is 14.3 Å². The highest BCUT2D eigenvalue weighted by atomic mass is 28.4. The highest BCUT2D eigenvalue weighted by Gasteiger charge is 2.32. The second kappa shape index (κ2) is 14.9. The van der Waals surface area contributed by atoms with Crippen molar-refractivity contribution < 1.29 is 9.22 Å². The molecule has 0 aromatic rings. The highest BCUT2D eigenvalue weighted by molar-refractivity contribution is 6.74. The van der Waals surface area contributed by atoms with Gasteiger partial charge in [0, 0.05) is 6.42 Å². The highest BCUT2D eigenvalue weighted by Crippen LogP contribution is 2.22. The summed E-state index contributed by atoms with van der Waals surface area (Å²) in [7, 11) is -1.75. The van der Waals surface area contributed by atoms with Crippen molar-refractivity contribution in [2.75, 3.05) is 19.6 Å². The quantitative estimate of drug-likeness (QED) is 0.251. The number of nitrogens with zero attached hydrogens (tertiary/aromatic N) is 1. The van der Waals surface area contributed by atoms with E-state index in [2.05, 4.69) is 39.5 Å². The molecule has 0 amide bonds. The van der Waals surface area contributed by atoms with Gasteiger partial charge in [0.1, 0.15) is 0 Å². The van der Waals surface area contributed by atoms with E-state index in [4.69, 9.17) is 4.43 Å². The maximum atomic E-state index is 12.1. The number of rotatable bonds is 16. The van der Waals surface area contributed by atoms with Gasteiger partial charge in [-0.1, -0.05) is 53.9 Å². The predicted molar refractivity (Wildman–Crippen MR) is 108 cm³/mol. The van der Waals surface area contributed by atoms with Gasteiger partial charge in [-0.25, -0.2) is 0 Å². The lowest BCUT2D eigenvalue weighted by molar-refractivity contribution is -0.135. The van der Waals surface area contributed by atoms with Crippen LogP contribution in [0.1, 0.15) is 86.0 Å². The topological polar surface area (TPSA) is 29.5 Å². The van der Waals surface area contributed by atoms with Crippen molar-refractivity contribution in [1.29, 1.82) is 0 Å². The molecule has 0 fully saturated rings. The van der Waals surface area contributed by atoms with Crippen molar-refractivity contribution in [2.24, 2.45) is 0 Å². The summed E-state index contributed by atoms with van der Waals surface area (Å²) in [5.74, 6) is 0.0565. The number of unbranched alkanes of at least 4 members (excludes halogenated alkanes) is 4. The predicted octanol–water partition coefficient (Wildman–Crippen LogP) is 6.00. The molecule has 4 heteroatoms. The molecule has 0 spiro atoms. The van der Waals surface area contributed by atoms with Crippen LogP contribution in [0.3, 0.4) is 0 Å². The van der Waals surface area contributed by atoms with Gasteiger partial charge in [-0.2, -0.15) is 0 Å². The minimum Gasteiger partial charge on any atom is -0.519 e. The molecular weight excluding hydrogens is 314 g/mol. The summed E-state index contributed by atoms with van der Waals surface area (Å²) in [6.07, 6.45) is 9.08. The van der Waals surface area contributed by atoms with Crippen molar-refractivity contribution in [3.63, 3.8) is 0 Å². The molecule has 0 bridgehead atoms. The van der Waals surface area contributed by atoms with Crippen LogP contribution in [0, 0.1) is 0 Å². The smallest absolute Gasteiger partial charge is 0.292 e. The molecule has 24 heavy (non-hydrogen) atoms. The van der Waals surface area contributed by atoms with Crippen LogP contribution < -0.4 is 0 Å². The van der Waals surface area contributed by atoms with E-state index in [0.717, 1.165) is 31.0 Å². The van der Waals surface area contributed by atoms with Crippen LogP contribution in [0.2, 0.25) is 18.1 Å². The van der Waals surface area contributed by atoms with Crippen LogP contribution in [0.25, 0.3) is 0 Å². The number of carbonyl (C=O) groups excluding carboxylic acids is 1. The van der Waals surface area contributed by atoms with Gasteiger partial charge in [-0.15, -0.1) is 0 Å². The van der Waals surface area contributed by atoms with Gasteiger partial charge in [0.25, 0.3) is 14.3 Å². The standard InChI is InChI=1S/C20H43NO2Si/c1-6-11-17-21(18-12-7-2)19-15-13-14-16-20(22)23-24(8-3,9-4)10-5/h6-19H2,1-5H3. The molecule has 0 atom stereocenters. The third kappa shape index (κ3) is 10.5. The Labute approximate surface area is 152 Å². The number of hydrogen-bond donors (Lipinski definition) is 0. The lowest BCUT2D eigenvalue weighted by Crippen LogP contribution is -2.38. The third-order valence-electron chi connectivity index (χ3n) is 5.27. The summed E-state index contributed by atoms with van der Waals surface area (Å²) in [4.78, 5) is 14.7. The first-order valence-corrected chi connectivity index (χ1v) is 13.0. The van der Waals surface area contributed by atoms with Gasteiger partial charge in [-0.3, -0.25) is 4.79 Å². The molecule has 0 aliphatic heterocycles. The van der Waals surface area contributed by atoms with Crippen LogP contribution in [0.5, 0.6) is 0 Å². The molecule has 144 valence electrons. The average molecular weight is 358 g/mol. The first kappa shape index (κ1) is 23.6. The van der Waals surface area contributed by atoms with E-state index >= 15 is 0 Å². The van der Waals surface area contributed by atoms with Crippen molar-refractivity contribution in [3.05, 3.63) is 0 Å². The molecule has 3 nitrogen and oxygen atoms in total. The molecule has 0 heterocycles. The second-order valence-electron chi connectivity index (χ2n) is 7.08. The Bertz CT molecular complexity index is 290. The fourth-order valence-corrected chi connectivity index (χ4v) is 5.66. The van der Waals surface area contributed by atoms with Gasteiger partial charge in [0.15, 0.2) is 0 Å². The minimum atomic E-state index is -1.75. The van der Waals surface area contributed by atoms with Crippen molar-refractivity contribution in [2.45, 2.75) is 104 Å². The van der Waals surface area contributed by atoms with Gasteiger partial charge in [-0.05, 0) is 63.4 Å². The van der Waals surface area contributed by atoms with E-state index < -0.39 is 8.32 Å². The van der Waals surface area contributed by atoms with E-state index in [-0.39, 0.29) is 5.97 Å². The van der Waals surface area contributed by atoms with E-state index in [1.807, 2.05) is 0 Å². The molecule has 0 saturated carbocycles. The maximum absolute atomic E-state index is 12.1. The molecule has 0 aromatic heterocycles. The average Bonchev–Trinajstić information content (AvgIpc) is 2.61. The zero-order chi connectivity index (χ0) is 18.3. The Morgan fingerprint density at radius 1 is 0.750 bits per heavy atom. The first-order valence-electron chi connectivity index (χ1n) is 10.5. The normalized spacial score (nSPS) is 11.9. The zero-order valence-corrected chi connectivity index (χ0v) is 18.2. The summed E-state index contributed by atoms with van der Waals surface area (Å²) in [5.41, 5.74) is 0. The molecule has 0 saturated heterocycles. The minimum absolute atomic E-state index is 0.0565. The Morgan fingerprint density at radius 2 is 1.25 bits per heavy atom. The fraction of sp³-hybridized carbons (Fsp3) is 0.950. The van der Waals surface area contributed by atoms with Gasteiger partial charge in [0.05, 0.1) is 0 Å². The largest absolute Gasteiger partial charge is 0.519 e. The lowest BCUT2D eigenvalue weighted by atomic mass is 10.1. The Balaban J connectivity index is 3.95. The second-order valence-corrected chi connectivity index (χ2v) is 11.8. The molecule has 0 aliphatic carbocycles. The van der Waals surface area contributed by atoms with Crippen LogP contribution >= 0.6 is 0 Å². The van der Waals surface area contributed by atoms with Gasteiger partial charge < -0.3 is 9.33 Å². The summed E-state index contributed by atoms with van der Waals surface area (Å²) >= 11 is 0. The Morgan fingerprint density at radius 3 is 1.71 bits per heavy atom. The van der Waals surface area contributed by atoms with E-state index in [0.29, 0.717) is 6.42 Å². The summed E-state index contributed by atoms with van der Waals surface area (Å²) in [5, 5.41) is 0. The number of hydrogen-bond acceptors (Lipinski definition) is 3. The molecule has 0 aliphatic rings. The zero-order valence-electron chi connectivity index (χ0n) is 17.2. The van der Waals surface area contributed by atoms with E-state index in [1.165, 1.54) is 51.7 Å². The third-order valence-corrected chi connectivity index (χ3v) is 9.80. The van der Waals surface area contributed by atoms with Gasteiger partial charge >= 0.3 is 0 Å². The van der Waals surface area contributed by atoms with Crippen LogP contribution in [-0.4, -0.2) is 38.8 Å². The van der Waals surface area contributed by atoms with Crippen LogP contribution in [0.15, 0.2) is 0 Å². The van der Waals surface area contributed by atoms with Gasteiger partial charge in [0.2, 0.25) is 0 Å². The molecule has 0 rings (SSSR count). The molecule has 0 aromatic carbocycles. The molecule has 0 radical (unpaired) electrons. The van der Waals surface area contributed by atoms with E-state index in [9.17, 15) is 4.79 Å². The Kier molecular flexibility index (Phi) is 14.7. The monoisotopic (exact) mass is 357 g/mol. The Hall–Kier alpha value is -0.353. The van der Waals surface area contributed by atoms with Crippen molar-refractivity contribution in [1.82, 2.24) is 4.90 Å². The molecular formula is C20H43NO2Si. The fourth-order valence-electron chi connectivity index (χ4n) is 3.14.